The van der Waals surface area contributed by atoms with E-state index < -0.39 is 0 Å². The first-order valence-corrected chi connectivity index (χ1v) is 6.66. The Morgan fingerprint density at radius 1 is 1.30 bits per heavy atom. The van der Waals surface area contributed by atoms with Crippen molar-refractivity contribution >= 4 is 5.82 Å². The molecule has 5 heteroatoms. The molecule has 0 saturated carbocycles. The number of anilines is 1. The molecule has 2 aromatic rings. The van der Waals surface area contributed by atoms with Gasteiger partial charge in [-0.05, 0) is 13.0 Å². The van der Waals surface area contributed by atoms with E-state index in [-0.39, 0.29) is 5.41 Å². The smallest absolute Gasteiger partial charge is 0.169 e. The van der Waals surface area contributed by atoms with E-state index in [4.69, 9.17) is 10.5 Å². The molecule has 0 fully saturated rings. The molecule has 0 aliphatic rings. The van der Waals surface area contributed by atoms with Crippen LogP contribution in [0.1, 0.15) is 37.6 Å². The first kappa shape index (κ1) is 14.4. The molecule has 0 amide bonds. The van der Waals surface area contributed by atoms with Crippen LogP contribution in [0.25, 0.3) is 0 Å². The highest BCUT2D eigenvalue weighted by Crippen LogP contribution is 2.28. The lowest BCUT2D eigenvalue weighted by molar-refractivity contribution is 0.405. The first-order chi connectivity index (χ1) is 9.32. The van der Waals surface area contributed by atoms with E-state index in [2.05, 4.69) is 44.1 Å². The van der Waals surface area contributed by atoms with Gasteiger partial charge in [-0.1, -0.05) is 43.7 Å². The summed E-state index contributed by atoms with van der Waals surface area (Å²) in [5, 5.41) is 8.18. The summed E-state index contributed by atoms with van der Waals surface area (Å²) in [5.74, 6) is 1.34. The quantitative estimate of drug-likeness (QED) is 0.934. The molecule has 5 nitrogen and oxygen atoms in total. The van der Waals surface area contributed by atoms with Gasteiger partial charge >= 0.3 is 0 Å². The number of rotatable bonds is 3. The number of aryl methyl sites for hydroxylation is 1. The number of nitrogen functional groups attached to an aromatic ring is 1. The lowest BCUT2D eigenvalue weighted by Crippen LogP contribution is -2.20. The Balaban J connectivity index is 2.43. The monoisotopic (exact) mass is 274 g/mol. The van der Waals surface area contributed by atoms with Gasteiger partial charge in [0.2, 0.25) is 0 Å². The van der Waals surface area contributed by atoms with E-state index in [1.54, 1.807) is 7.11 Å². The Kier molecular flexibility index (Phi) is 3.70. The molecule has 1 heterocycles. The average Bonchev–Trinajstić information content (AvgIpc) is 2.70. The SMILES string of the molecule is COc1ccc(C)cc1Cn1nnc(N)c1C(C)(C)C. The van der Waals surface area contributed by atoms with Crippen LogP contribution in [-0.2, 0) is 12.0 Å². The summed E-state index contributed by atoms with van der Waals surface area (Å²) in [6.07, 6.45) is 0. The highest BCUT2D eigenvalue weighted by atomic mass is 16.5. The van der Waals surface area contributed by atoms with Crippen molar-refractivity contribution in [3.63, 3.8) is 0 Å². The standard InChI is InChI=1S/C15H22N4O/c1-10-6-7-12(20-5)11(8-10)9-19-13(15(2,3)4)14(16)17-18-19/h6-8H,9,16H2,1-5H3. The number of hydrogen-bond acceptors (Lipinski definition) is 4. The topological polar surface area (TPSA) is 66.0 Å². The van der Waals surface area contributed by atoms with Crippen LogP contribution < -0.4 is 10.5 Å². The third kappa shape index (κ3) is 2.76. The second-order valence-corrected chi connectivity index (χ2v) is 6.05. The van der Waals surface area contributed by atoms with Crippen molar-refractivity contribution in [2.45, 2.75) is 39.7 Å². The van der Waals surface area contributed by atoms with Crippen LogP contribution in [0.5, 0.6) is 5.75 Å². The number of ether oxygens (including phenoxy) is 1. The number of nitrogens with zero attached hydrogens (tertiary/aromatic N) is 3. The third-order valence-corrected chi connectivity index (χ3v) is 3.23. The molecule has 0 aliphatic carbocycles. The van der Waals surface area contributed by atoms with Gasteiger partial charge in [-0.15, -0.1) is 5.10 Å². The summed E-state index contributed by atoms with van der Waals surface area (Å²) in [5.41, 5.74) is 9.05. The van der Waals surface area contributed by atoms with Crippen molar-refractivity contribution in [3.8, 4) is 5.75 Å². The molecule has 0 radical (unpaired) electrons. The fourth-order valence-electron chi connectivity index (χ4n) is 2.40. The highest BCUT2D eigenvalue weighted by molar-refractivity contribution is 5.40. The molecule has 108 valence electrons. The molecule has 1 aromatic heterocycles. The summed E-state index contributed by atoms with van der Waals surface area (Å²) in [7, 11) is 1.68. The minimum Gasteiger partial charge on any atom is -0.496 e. The Morgan fingerprint density at radius 2 is 2.00 bits per heavy atom. The molecular weight excluding hydrogens is 252 g/mol. The predicted molar refractivity (Wildman–Crippen MR) is 80.0 cm³/mol. The second-order valence-electron chi connectivity index (χ2n) is 6.05. The van der Waals surface area contributed by atoms with Crippen LogP contribution in [0.3, 0.4) is 0 Å². The predicted octanol–water partition coefficient (Wildman–Crippen LogP) is 2.52. The Bertz CT molecular complexity index is 611. The van der Waals surface area contributed by atoms with E-state index in [1.807, 2.05) is 16.8 Å². The molecule has 0 aliphatic heterocycles. The lowest BCUT2D eigenvalue weighted by atomic mass is 9.91. The van der Waals surface area contributed by atoms with Gasteiger partial charge in [-0.3, -0.25) is 0 Å². The number of benzene rings is 1. The maximum atomic E-state index is 5.96. The van der Waals surface area contributed by atoms with Crippen molar-refractivity contribution in [2.24, 2.45) is 0 Å². The summed E-state index contributed by atoms with van der Waals surface area (Å²) in [6.45, 7) is 8.97. The van der Waals surface area contributed by atoms with Crippen molar-refractivity contribution in [2.75, 3.05) is 12.8 Å². The summed E-state index contributed by atoms with van der Waals surface area (Å²) in [4.78, 5) is 0. The molecule has 0 atom stereocenters. The van der Waals surface area contributed by atoms with Gasteiger partial charge < -0.3 is 10.5 Å². The van der Waals surface area contributed by atoms with Gasteiger partial charge in [0.1, 0.15) is 5.75 Å². The Labute approximate surface area is 119 Å². The normalized spacial score (nSPS) is 11.7. The zero-order valence-electron chi connectivity index (χ0n) is 12.8. The second kappa shape index (κ2) is 5.15. The molecule has 2 rings (SSSR count). The van der Waals surface area contributed by atoms with E-state index in [9.17, 15) is 0 Å². The van der Waals surface area contributed by atoms with Gasteiger partial charge in [-0.25, -0.2) is 4.68 Å². The van der Waals surface area contributed by atoms with Crippen molar-refractivity contribution in [3.05, 3.63) is 35.0 Å². The molecule has 0 spiro atoms. The van der Waals surface area contributed by atoms with Gasteiger partial charge in [0.15, 0.2) is 5.82 Å². The van der Waals surface area contributed by atoms with E-state index in [0.717, 1.165) is 17.0 Å². The molecule has 0 unspecified atom stereocenters. The number of methoxy groups -OCH3 is 1. The number of hydrogen-bond donors (Lipinski definition) is 1. The lowest BCUT2D eigenvalue weighted by Gasteiger charge is -2.20. The largest absolute Gasteiger partial charge is 0.496 e. The number of aromatic nitrogens is 3. The summed E-state index contributed by atoms with van der Waals surface area (Å²) < 4.78 is 7.27. The summed E-state index contributed by atoms with van der Waals surface area (Å²) in [6, 6.07) is 6.10. The van der Waals surface area contributed by atoms with Crippen molar-refractivity contribution in [1.29, 1.82) is 0 Å². The van der Waals surface area contributed by atoms with Gasteiger partial charge in [0.25, 0.3) is 0 Å². The van der Waals surface area contributed by atoms with Crippen LogP contribution in [-0.4, -0.2) is 22.1 Å². The molecule has 0 saturated heterocycles. The fraction of sp³-hybridized carbons (Fsp3) is 0.467. The van der Waals surface area contributed by atoms with Crippen molar-refractivity contribution in [1.82, 2.24) is 15.0 Å². The zero-order chi connectivity index (χ0) is 14.9. The van der Waals surface area contributed by atoms with E-state index in [1.165, 1.54) is 5.56 Å². The van der Waals surface area contributed by atoms with E-state index in [0.29, 0.717) is 12.4 Å². The van der Waals surface area contributed by atoms with Gasteiger partial charge in [-0.2, -0.15) is 0 Å². The molecule has 20 heavy (non-hydrogen) atoms. The molecule has 0 bridgehead atoms. The fourth-order valence-corrected chi connectivity index (χ4v) is 2.40. The molecule has 1 aromatic carbocycles. The minimum atomic E-state index is -0.107. The van der Waals surface area contributed by atoms with Gasteiger partial charge in [0, 0.05) is 11.0 Å². The van der Waals surface area contributed by atoms with E-state index >= 15 is 0 Å². The molecular formula is C15H22N4O. The summed E-state index contributed by atoms with van der Waals surface area (Å²) >= 11 is 0. The van der Waals surface area contributed by atoms with Crippen LogP contribution >= 0.6 is 0 Å². The number of nitrogens with two attached hydrogens (primary N) is 1. The van der Waals surface area contributed by atoms with Crippen LogP contribution in [0, 0.1) is 6.92 Å². The van der Waals surface area contributed by atoms with Crippen LogP contribution in [0.15, 0.2) is 18.2 Å². The molecule has 2 N–H and O–H groups in total. The third-order valence-electron chi connectivity index (χ3n) is 3.23. The van der Waals surface area contributed by atoms with Gasteiger partial charge in [0.05, 0.1) is 19.3 Å². The maximum Gasteiger partial charge on any atom is 0.169 e. The van der Waals surface area contributed by atoms with Crippen LogP contribution in [0.2, 0.25) is 0 Å². The first-order valence-electron chi connectivity index (χ1n) is 6.66. The van der Waals surface area contributed by atoms with Crippen LogP contribution in [0.4, 0.5) is 5.82 Å². The average molecular weight is 274 g/mol. The zero-order valence-corrected chi connectivity index (χ0v) is 12.8. The Morgan fingerprint density at radius 3 is 2.60 bits per heavy atom. The minimum absolute atomic E-state index is 0.107. The highest BCUT2D eigenvalue weighted by Gasteiger charge is 2.24. The van der Waals surface area contributed by atoms with Crippen molar-refractivity contribution < 1.29 is 4.74 Å². The Hall–Kier alpha value is -2.04. The maximum absolute atomic E-state index is 5.96.